The van der Waals surface area contributed by atoms with Crippen molar-refractivity contribution in [1.29, 1.82) is 0 Å². The van der Waals surface area contributed by atoms with Crippen molar-refractivity contribution in [2.75, 3.05) is 7.11 Å². The highest BCUT2D eigenvalue weighted by atomic mass is 35.5. The number of nitrogens with one attached hydrogen (secondary N) is 1. The number of carbonyl (C=O) groups excluding carboxylic acids is 2. The zero-order valence-corrected chi connectivity index (χ0v) is 21.0. The number of esters is 1. The second kappa shape index (κ2) is 10.4. The highest BCUT2D eigenvalue weighted by Gasteiger charge is 2.25. The maximum atomic E-state index is 12.7. The SMILES string of the molecule is COC(=O)Cc1cc(C2CC2)cn2cc(CN=CC(=CN)C(=O)NCc3ncn4ccc(Cl)cc34)nc12. The number of nitrogens with two attached hydrogens (primary N) is 1. The van der Waals surface area contributed by atoms with Crippen molar-refractivity contribution in [1.82, 2.24) is 24.1 Å². The van der Waals surface area contributed by atoms with Crippen LogP contribution in [-0.2, 0) is 33.8 Å². The molecule has 1 fully saturated rings. The van der Waals surface area contributed by atoms with Crippen LogP contribution in [0.25, 0.3) is 11.2 Å². The minimum Gasteiger partial charge on any atom is -0.469 e. The van der Waals surface area contributed by atoms with Gasteiger partial charge >= 0.3 is 5.97 Å². The average molecular weight is 520 g/mol. The number of nitrogens with zero attached hydrogens (tertiary/aromatic N) is 5. The number of ether oxygens (including phenoxy) is 1. The fraction of sp³-hybridized carbons (Fsp3) is 0.269. The normalized spacial score (nSPS) is 14.1. The lowest BCUT2D eigenvalue weighted by atomic mass is 10.1. The minimum atomic E-state index is -0.376. The van der Waals surface area contributed by atoms with Crippen molar-refractivity contribution in [3.05, 3.63) is 82.4 Å². The fourth-order valence-electron chi connectivity index (χ4n) is 4.15. The molecule has 0 spiro atoms. The number of hydrogen-bond acceptors (Lipinski definition) is 7. The molecule has 4 aromatic heterocycles. The number of hydrogen-bond donors (Lipinski definition) is 2. The Labute approximate surface area is 217 Å². The van der Waals surface area contributed by atoms with Crippen molar-refractivity contribution in [2.24, 2.45) is 10.7 Å². The van der Waals surface area contributed by atoms with Gasteiger partial charge in [0.05, 0.1) is 55.4 Å². The van der Waals surface area contributed by atoms with Crippen LogP contribution in [0.15, 0.2) is 59.9 Å². The molecular weight excluding hydrogens is 494 g/mol. The van der Waals surface area contributed by atoms with E-state index in [2.05, 4.69) is 26.5 Å². The largest absolute Gasteiger partial charge is 0.469 e. The van der Waals surface area contributed by atoms with Crippen LogP contribution in [-0.4, -0.2) is 44.0 Å². The van der Waals surface area contributed by atoms with Crippen molar-refractivity contribution in [3.63, 3.8) is 0 Å². The highest BCUT2D eigenvalue weighted by molar-refractivity contribution is 6.30. The van der Waals surface area contributed by atoms with E-state index in [-0.39, 0.29) is 37.0 Å². The molecule has 4 aromatic rings. The molecule has 1 aliphatic carbocycles. The number of aliphatic imine (C=N–C) groups is 1. The van der Waals surface area contributed by atoms with Crippen LogP contribution in [0.5, 0.6) is 0 Å². The summed E-state index contributed by atoms with van der Waals surface area (Å²) in [4.78, 5) is 38.0. The molecular formula is C26H26ClN7O3. The third-order valence-corrected chi connectivity index (χ3v) is 6.47. The van der Waals surface area contributed by atoms with E-state index in [1.807, 2.05) is 21.1 Å². The minimum absolute atomic E-state index is 0.152. The molecule has 0 aromatic carbocycles. The Morgan fingerprint density at radius 3 is 2.89 bits per heavy atom. The van der Waals surface area contributed by atoms with Gasteiger partial charge in [-0.1, -0.05) is 11.6 Å². The molecule has 4 heterocycles. The first-order chi connectivity index (χ1) is 17.9. The maximum absolute atomic E-state index is 12.7. The van der Waals surface area contributed by atoms with Crippen LogP contribution in [0, 0.1) is 0 Å². The molecule has 37 heavy (non-hydrogen) atoms. The second-order valence-electron chi connectivity index (χ2n) is 8.89. The summed E-state index contributed by atoms with van der Waals surface area (Å²) in [7, 11) is 1.38. The first-order valence-corrected chi connectivity index (χ1v) is 12.2. The van der Waals surface area contributed by atoms with Crippen molar-refractivity contribution >= 4 is 40.9 Å². The maximum Gasteiger partial charge on any atom is 0.310 e. The number of halogens is 1. The van der Waals surface area contributed by atoms with Gasteiger partial charge in [-0.3, -0.25) is 14.6 Å². The lowest BCUT2D eigenvalue weighted by molar-refractivity contribution is -0.139. The molecule has 0 saturated heterocycles. The van der Waals surface area contributed by atoms with Gasteiger partial charge in [0.1, 0.15) is 5.65 Å². The monoisotopic (exact) mass is 519 g/mol. The van der Waals surface area contributed by atoms with Gasteiger partial charge in [-0.05, 0) is 42.5 Å². The smallest absolute Gasteiger partial charge is 0.310 e. The summed E-state index contributed by atoms with van der Waals surface area (Å²) < 4.78 is 8.62. The second-order valence-corrected chi connectivity index (χ2v) is 9.33. The van der Waals surface area contributed by atoms with E-state index in [1.54, 1.807) is 24.7 Å². The summed E-state index contributed by atoms with van der Waals surface area (Å²) >= 11 is 6.08. The van der Waals surface area contributed by atoms with Crippen molar-refractivity contribution < 1.29 is 14.3 Å². The van der Waals surface area contributed by atoms with Crippen LogP contribution >= 0.6 is 11.6 Å². The van der Waals surface area contributed by atoms with Gasteiger partial charge in [0.25, 0.3) is 5.91 Å². The Kier molecular flexibility index (Phi) is 6.91. The van der Waals surface area contributed by atoms with E-state index in [1.165, 1.54) is 25.1 Å². The first kappa shape index (κ1) is 24.5. The van der Waals surface area contributed by atoms with E-state index < -0.39 is 0 Å². The summed E-state index contributed by atoms with van der Waals surface area (Å²) in [6.45, 7) is 0.451. The molecule has 11 heteroatoms. The molecule has 0 bridgehead atoms. The lowest BCUT2D eigenvalue weighted by Crippen LogP contribution is -2.26. The number of pyridine rings is 2. The van der Waals surface area contributed by atoms with Gasteiger partial charge in [0.15, 0.2) is 0 Å². The fourth-order valence-corrected chi connectivity index (χ4v) is 4.31. The number of amides is 1. The van der Waals surface area contributed by atoms with Crippen LogP contribution in [0.4, 0.5) is 0 Å². The number of aromatic nitrogens is 4. The van der Waals surface area contributed by atoms with E-state index in [0.29, 0.717) is 28.0 Å². The van der Waals surface area contributed by atoms with Gasteiger partial charge in [-0.15, -0.1) is 0 Å². The van der Waals surface area contributed by atoms with Crippen LogP contribution in [0.2, 0.25) is 5.02 Å². The van der Waals surface area contributed by atoms with Gasteiger partial charge in [-0.2, -0.15) is 0 Å². The Morgan fingerprint density at radius 2 is 2.14 bits per heavy atom. The molecule has 0 atom stereocenters. The molecule has 1 amide bonds. The topological polar surface area (TPSA) is 128 Å². The predicted octanol–water partition coefficient (Wildman–Crippen LogP) is 2.96. The van der Waals surface area contributed by atoms with Gasteiger partial charge in [-0.25, -0.2) is 9.97 Å². The predicted molar refractivity (Wildman–Crippen MR) is 139 cm³/mol. The standard InChI is InChI=1S/C26H26ClN7O3/c1-37-24(35)7-17-6-18(16-2-3-16)13-34-14-21(32-25(17)34)11-29-10-19(9-28)26(36)30-12-22-23-8-20(27)4-5-33(23)15-31-22/h4-6,8-10,13-16H,2-3,7,11-12,28H2,1H3,(H,30,36). The Balaban J connectivity index is 1.26. The Hall–Kier alpha value is -4.18. The summed E-state index contributed by atoms with van der Waals surface area (Å²) in [6, 6.07) is 5.59. The summed E-state index contributed by atoms with van der Waals surface area (Å²) in [5, 5.41) is 3.40. The van der Waals surface area contributed by atoms with Crippen molar-refractivity contribution in [3.8, 4) is 0 Å². The quantitative estimate of drug-likeness (QED) is 0.199. The molecule has 1 saturated carbocycles. The highest BCUT2D eigenvalue weighted by Crippen LogP contribution is 2.40. The Morgan fingerprint density at radius 1 is 1.30 bits per heavy atom. The number of rotatable bonds is 9. The average Bonchev–Trinajstić information content (AvgIpc) is 3.55. The summed E-state index contributed by atoms with van der Waals surface area (Å²) in [6.07, 6.45) is 12.5. The van der Waals surface area contributed by atoms with Crippen LogP contribution in [0.3, 0.4) is 0 Å². The molecule has 1 aliphatic rings. The summed E-state index contributed by atoms with van der Waals surface area (Å²) in [5.74, 6) is -0.163. The van der Waals surface area contributed by atoms with E-state index in [4.69, 9.17) is 22.1 Å². The Bertz CT molecular complexity index is 1550. The number of methoxy groups -OCH3 is 1. The zero-order chi connectivity index (χ0) is 25.9. The molecule has 3 N–H and O–H groups in total. The third-order valence-electron chi connectivity index (χ3n) is 6.23. The molecule has 5 rings (SSSR count). The number of fused-ring (bicyclic) bond motifs is 2. The number of carbonyl (C=O) groups is 2. The third kappa shape index (κ3) is 5.49. The van der Waals surface area contributed by atoms with Crippen LogP contribution < -0.4 is 11.1 Å². The van der Waals surface area contributed by atoms with Crippen LogP contribution in [0.1, 0.15) is 41.3 Å². The molecule has 0 unspecified atom stereocenters. The summed E-state index contributed by atoms with van der Waals surface area (Å²) in [5.41, 5.74) is 10.8. The molecule has 0 radical (unpaired) electrons. The van der Waals surface area contributed by atoms with Gasteiger partial charge in [0, 0.05) is 41.6 Å². The molecule has 0 aliphatic heterocycles. The first-order valence-electron chi connectivity index (χ1n) is 11.8. The van der Waals surface area contributed by atoms with Gasteiger partial charge < -0.3 is 24.6 Å². The molecule has 10 nitrogen and oxygen atoms in total. The van der Waals surface area contributed by atoms with E-state index in [9.17, 15) is 9.59 Å². The van der Waals surface area contributed by atoms with E-state index >= 15 is 0 Å². The molecule has 190 valence electrons. The van der Waals surface area contributed by atoms with Crippen molar-refractivity contribution in [2.45, 2.75) is 38.3 Å². The van der Waals surface area contributed by atoms with Gasteiger partial charge in [0.2, 0.25) is 0 Å². The number of imidazole rings is 2. The zero-order valence-electron chi connectivity index (χ0n) is 20.2. The lowest BCUT2D eigenvalue weighted by Gasteiger charge is -2.06. The van der Waals surface area contributed by atoms with E-state index in [0.717, 1.165) is 23.9 Å².